The lowest BCUT2D eigenvalue weighted by atomic mass is 10.1. The Morgan fingerprint density at radius 2 is 1.67 bits per heavy atom. The first-order chi connectivity index (χ1) is 15.8. The molecule has 0 fully saturated rings. The average Bonchev–Trinajstić information content (AvgIpc) is 2.79. The maximum atomic E-state index is 13.1. The lowest BCUT2D eigenvalue weighted by molar-refractivity contribution is -0.118. The van der Waals surface area contributed by atoms with E-state index in [4.69, 9.17) is 4.74 Å². The van der Waals surface area contributed by atoms with E-state index in [0.29, 0.717) is 27.2 Å². The second-order valence-corrected chi connectivity index (χ2v) is 7.93. The molecule has 3 aromatic carbocycles. The smallest absolute Gasteiger partial charge is 0.266 e. The van der Waals surface area contributed by atoms with Crippen molar-refractivity contribution in [3.05, 3.63) is 93.7 Å². The van der Waals surface area contributed by atoms with E-state index >= 15 is 0 Å². The minimum atomic E-state index is -0.660. The van der Waals surface area contributed by atoms with Gasteiger partial charge in [0.2, 0.25) is 0 Å². The zero-order chi connectivity index (χ0) is 23.8. The van der Waals surface area contributed by atoms with Gasteiger partial charge < -0.3 is 15.4 Å². The van der Waals surface area contributed by atoms with Gasteiger partial charge in [-0.05, 0) is 67.6 Å². The van der Waals surface area contributed by atoms with Crippen LogP contribution in [-0.2, 0) is 9.59 Å². The Morgan fingerprint density at radius 1 is 1.03 bits per heavy atom. The van der Waals surface area contributed by atoms with Gasteiger partial charge in [-0.15, -0.1) is 0 Å². The standard InChI is InChI=1S/C25H19BrFN3O3/c1-16-2-7-21(8-3-16)29-24(31)15-33-23-11-4-19(26)13-17(23)12-18(14-28)25(32)30-22-9-5-20(27)6-10-22/h2-13H,15H2,1H3,(H,29,31)(H,30,32)/b18-12+. The number of carbonyl (C=O) groups excluding carboxylic acids is 2. The number of carbonyl (C=O) groups is 2. The average molecular weight is 508 g/mol. The molecule has 0 aliphatic heterocycles. The lowest BCUT2D eigenvalue weighted by Gasteiger charge is -2.11. The molecule has 8 heteroatoms. The van der Waals surface area contributed by atoms with E-state index in [1.54, 1.807) is 30.3 Å². The molecular weight excluding hydrogens is 489 g/mol. The van der Waals surface area contributed by atoms with Crippen LogP contribution in [0.1, 0.15) is 11.1 Å². The fraction of sp³-hybridized carbons (Fsp3) is 0.0800. The van der Waals surface area contributed by atoms with Crippen LogP contribution in [0.25, 0.3) is 6.08 Å². The molecule has 0 unspecified atom stereocenters. The SMILES string of the molecule is Cc1ccc(NC(=O)COc2ccc(Br)cc2/C=C(\C#N)C(=O)Nc2ccc(F)cc2)cc1. The van der Waals surface area contributed by atoms with Crippen molar-refractivity contribution in [2.45, 2.75) is 6.92 Å². The fourth-order valence-corrected chi connectivity index (χ4v) is 3.16. The summed E-state index contributed by atoms with van der Waals surface area (Å²) in [6, 6.07) is 19.4. The molecule has 0 atom stereocenters. The summed E-state index contributed by atoms with van der Waals surface area (Å²) in [5.74, 6) is -1.13. The van der Waals surface area contributed by atoms with Crippen LogP contribution in [0.4, 0.5) is 15.8 Å². The van der Waals surface area contributed by atoms with E-state index < -0.39 is 11.7 Å². The van der Waals surface area contributed by atoms with Crippen molar-refractivity contribution >= 4 is 45.2 Å². The summed E-state index contributed by atoms with van der Waals surface area (Å²) >= 11 is 3.35. The number of nitriles is 1. The van der Waals surface area contributed by atoms with E-state index in [1.807, 2.05) is 25.1 Å². The first-order valence-corrected chi connectivity index (χ1v) is 10.6. The van der Waals surface area contributed by atoms with Crippen molar-refractivity contribution in [3.8, 4) is 11.8 Å². The molecule has 0 saturated carbocycles. The first-order valence-electron chi connectivity index (χ1n) is 9.81. The molecule has 2 N–H and O–H groups in total. The number of amides is 2. The minimum Gasteiger partial charge on any atom is -0.483 e. The van der Waals surface area contributed by atoms with E-state index in [0.717, 1.165) is 5.56 Å². The van der Waals surface area contributed by atoms with Crippen molar-refractivity contribution in [2.24, 2.45) is 0 Å². The molecule has 0 heterocycles. The first kappa shape index (κ1) is 23.7. The van der Waals surface area contributed by atoms with Gasteiger partial charge in [0.1, 0.15) is 23.2 Å². The highest BCUT2D eigenvalue weighted by molar-refractivity contribution is 9.10. The Labute approximate surface area is 198 Å². The summed E-state index contributed by atoms with van der Waals surface area (Å²) in [5.41, 5.74) is 2.31. The summed E-state index contributed by atoms with van der Waals surface area (Å²) in [6.45, 7) is 1.69. The van der Waals surface area contributed by atoms with E-state index in [1.165, 1.54) is 30.3 Å². The van der Waals surface area contributed by atoms with Crippen molar-refractivity contribution in [1.82, 2.24) is 0 Å². The van der Waals surface area contributed by atoms with Gasteiger partial charge in [-0.3, -0.25) is 9.59 Å². The summed E-state index contributed by atoms with van der Waals surface area (Å²) < 4.78 is 19.4. The second-order valence-electron chi connectivity index (χ2n) is 7.02. The number of rotatable bonds is 7. The molecule has 2 amide bonds. The number of aryl methyl sites for hydroxylation is 1. The van der Waals surface area contributed by atoms with Gasteiger partial charge in [0.15, 0.2) is 6.61 Å². The zero-order valence-corrected chi connectivity index (χ0v) is 19.1. The van der Waals surface area contributed by atoms with Gasteiger partial charge in [-0.2, -0.15) is 5.26 Å². The molecule has 0 saturated heterocycles. The molecular formula is C25H19BrFN3O3. The van der Waals surface area contributed by atoms with Crippen molar-refractivity contribution in [2.75, 3.05) is 17.2 Å². The predicted octanol–water partition coefficient (Wildman–Crippen LogP) is 5.46. The number of hydrogen-bond acceptors (Lipinski definition) is 4. The van der Waals surface area contributed by atoms with E-state index in [-0.39, 0.29) is 18.1 Å². The molecule has 0 aromatic heterocycles. The molecule has 33 heavy (non-hydrogen) atoms. The fourth-order valence-electron chi connectivity index (χ4n) is 2.78. The summed E-state index contributed by atoms with van der Waals surface area (Å²) in [5, 5.41) is 14.8. The third-order valence-electron chi connectivity index (χ3n) is 4.43. The molecule has 0 aliphatic rings. The minimum absolute atomic E-state index is 0.189. The quantitative estimate of drug-likeness (QED) is 0.328. The van der Waals surface area contributed by atoms with Crippen LogP contribution in [0.15, 0.2) is 76.8 Å². The molecule has 3 aromatic rings. The highest BCUT2D eigenvalue weighted by atomic mass is 79.9. The Bertz CT molecular complexity index is 1230. The van der Waals surface area contributed by atoms with Crippen molar-refractivity contribution < 1.29 is 18.7 Å². The number of anilines is 2. The Balaban J connectivity index is 1.73. The largest absolute Gasteiger partial charge is 0.483 e. The lowest BCUT2D eigenvalue weighted by Crippen LogP contribution is -2.20. The van der Waals surface area contributed by atoms with Crippen molar-refractivity contribution in [3.63, 3.8) is 0 Å². The molecule has 0 bridgehead atoms. The Hall–Kier alpha value is -3.96. The number of benzene rings is 3. The normalized spacial score (nSPS) is 10.8. The van der Waals surface area contributed by atoms with Crippen molar-refractivity contribution in [1.29, 1.82) is 5.26 Å². The number of hydrogen-bond donors (Lipinski definition) is 2. The van der Waals surface area contributed by atoms with Crippen LogP contribution in [0, 0.1) is 24.1 Å². The van der Waals surface area contributed by atoms with E-state index in [9.17, 15) is 19.2 Å². The van der Waals surface area contributed by atoms with Crippen LogP contribution in [0.2, 0.25) is 0 Å². The summed E-state index contributed by atoms with van der Waals surface area (Å²) in [4.78, 5) is 24.8. The monoisotopic (exact) mass is 507 g/mol. The van der Waals surface area contributed by atoms with E-state index in [2.05, 4.69) is 26.6 Å². The predicted molar refractivity (Wildman–Crippen MR) is 128 cm³/mol. The Morgan fingerprint density at radius 3 is 2.33 bits per heavy atom. The second kappa shape index (κ2) is 11.1. The molecule has 6 nitrogen and oxygen atoms in total. The molecule has 0 radical (unpaired) electrons. The maximum absolute atomic E-state index is 13.1. The number of nitrogens with zero attached hydrogens (tertiary/aromatic N) is 1. The van der Waals surface area contributed by atoms with Crippen LogP contribution < -0.4 is 15.4 Å². The molecule has 0 spiro atoms. The third-order valence-corrected chi connectivity index (χ3v) is 4.93. The number of halogens is 2. The third kappa shape index (κ3) is 7.02. The van der Waals surface area contributed by atoms with Gasteiger partial charge >= 0.3 is 0 Å². The molecule has 0 aliphatic carbocycles. The highest BCUT2D eigenvalue weighted by Gasteiger charge is 2.13. The van der Waals surface area contributed by atoms with Gasteiger partial charge in [0.05, 0.1) is 0 Å². The van der Waals surface area contributed by atoms with Gasteiger partial charge in [-0.25, -0.2) is 4.39 Å². The van der Waals surface area contributed by atoms with Crippen LogP contribution in [0.3, 0.4) is 0 Å². The molecule has 3 rings (SSSR count). The molecule has 166 valence electrons. The van der Waals surface area contributed by atoms with Gasteiger partial charge in [-0.1, -0.05) is 33.6 Å². The maximum Gasteiger partial charge on any atom is 0.266 e. The van der Waals surface area contributed by atoms with Gasteiger partial charge in [0.25, 0.3) is 11.8 Å². The summed E-state index contributed by atoms with van der Waals surface area (Å²) in [6.07, 6.45) is 1.36. The topological polar surface area (TPSA) is 91.2 Å². The Kier molecular flexibility index (Phi) is 7.95. The number of ether oxygens (including phenoxy) is 1. The van der Waals surface area contributed by atoms with Crippen LogP contribution in [0.5, 0.6) is 5.75 Å². The van der Waals surface area contributed by atoms with Gasteiger partial charge in [0, 0.05) is 21.4 Å². The van der Waals surface area contributed by atoms with Crippen LogP contribution >= 0.6 is 15.9 Å². The van der Waals surface area contributed by atoms with Crippen LogP contribution in [-0.4, -0.2) is 18.4 Å². The zero-order valence-electron chi connectivity index (χ0n) is 17.6. The highest BCUT2D eigenvalue weighted by Crippen LogP contribution is 2.26. The number of nitrogens with one attached hydrogen (secondary N) is 2. The summed E-state index contributed by atoms with van der Waals surface area (Å²) in [7, 11) is 0.